The monoisotopic (exact) mass is 269 g/mol. The summed E-state index contributed by atoms with van der Waals surface area (Å²) in [6.07, 6.45) is 1.49. The van der Waals surface area contributed by atoms with Crippen LogP contribution in [0.1, 0.15) is 47.5 Å². The van der Waals surface area contributed by atoms with Crippen molar-refractivity contribution in [1.82, 2.24) is 15.5 Å². The molecule has 1 aliphatic rings. The van der Waals surface area contributed by atoms with Gasteiger partial charge in [-0.15, -0.1) is 0 Å². The Hall–Kier alpha value is -1.26. The average Bonchev–Trinajstić information content (AvgIpc) is 2.26. The lowest BCUT2D eigenvalue weighted by atomic mass is 9.94. The van der Waals surface area contributed by atoms with E-state index >= 15 is 0 Å². The molecule has 0 spiro atoms. The van der Waals surface area contributed by atoms with Gasteiger partial charge in [-0.1, -0.05) is 0 Å². The minimum absolute atomic E-state index is 0.0234. The quantitative estimate of drug-likeness (QED) is 0.802. The maximum atomic E-state index is 12.0. The van der Waals surface area contributed by atoms with Crippen LogP contribution >= 0.6 is 0 Å². The van der Waals surface area contributed by atoms with Crippen molar-refractivity contribution >= 4 is 11.9 Å². The van der Waals surface area contributed by atoms with E-state index < -0.39 is 0 Å². The summed E-state index contributed by atoms with van der Waals surface area (Å²) >= 11 is 0. The Labute approximate surface area is 116 Å². The Morgan fingerprint density at radius 3 is 2.11 bits per heavy atom. The number of carbonyl (C=O) groups excluding carboxylic acids is 2. The number of urea groups is 1. The van der Waals surface area contributed by atoms with Crippen molar-refractivity contribution < 1.29 is 9.59 Å². The van der Waals surface area contributed by atoms with Crippen LogP contribution in [0.2, 0.25) is 0 Å². The second-order valence-electron chi connectivity index (χ2n) is 6.60. The van der Waals surface area contributed by atoms with E-state index in [1.165, 1.54) is 0 Å². The molecule has 3 amide bonds. The standard InChI is InChI=1S/C14H27N3O2/c1-10(2)15-13(19)17-8-6-11(7-9-17)12(18)16-14(3,4)5/h10-11H,6-9H2,1-5H3,(H,15,19)(H,16,18). The molecule has 0 aromatic heterocycles. The summed E-state index contributed by atoms with van der Waals surface area (Å²) in [5.74, 6) is 0.138. The highest BCUT2D eigenvalue weighted by Gasteiger charge is 2.29. The van der Waals surface area contributed by atoms with Gasteiger partial charge in [0.25, 0.3) is 0 Å². The van der Waals surface area contributed by atoms with Crippen molar-refractivity contribution in [2.75, 3.05) is 13.1 Å². The molecule has 0 aromatic rings. The first-order chi connectivity index (χ1) is 8.69. The SMILES string of the molecule is CC(C)NC(=O)N1CCC(C(=O)NC(C)(C)C)CC1. The van der Waals surface area contributed by atoms with Gasteiger partial charge in [-0.2, -0.15) is 0 Å². The predicted octanol–water partition coefficient (Wildman–Crippen LogP) is 1.73. The van der Waals surface area contributed by atoms with Gasteiger partial charge in [0.15, 0.2) is 0 Å². The van der Waals surface area contributed by atoms with Crippen LogP contribution in [-0.4, -0.2) is 41.5 Å². The maximum absolute atomic E-state index is 12.0. The molecule has 0 aromatic carbocycles. The van der Waals surface area contributed by atoms with E-state index in [9.17, 15) is 9.59 Å². The Bertz CT molecular complexity index is 326. The third-order valence-corrected chi connectivity index (χ3v) is 3.06. The highest BCUT2D eigenvalue weighted by Crippen LogP contribution is 2.18. The van der Waals surface area contributed by atoms with Gasteiger partial charge >= 0.3 is 6.03 Å². The zero-order valence-corrected chi connectivity index (χ0v) is 12.7. The fraction of sp³-hybridized carbons (Fsp3) is 0.857. The molecular formula is C14H27N3O2. The number of piperidine rings is 1. The van der Waals surface area contributed by atoms with Crippen LogP contribution in [0, 0.1) is 5.92 Å². The molecule has 0 bridgehead atoms. The van der Waals surface area contributed by atoms with E-state index in [1.54, 1.807) is 4.90 Å². The zero-order chi connectivity index (χ0) is 14.6. The topological polar surface area (TPSA) is 61.4 Å². The van der Waals surface area contributed by atoms with Crippen LogP contribution in [0.25, 0.3) is 0 Å². The van der Waals surface area contributed by atoms with E-state index in [2.05, 4.69) is 10.6 Å². The van der Waals surface area contributed by atoms with Gasteiger partial charge in [0.05, 0.1) is 0 Å². The van der Waals surface area contributed by atoms with Gasteiger partial charge in [0.1, 0.15) is 0 Å². The fourth-order valence-corrected chi connectivity index (χ4v) is 2.15. The summed E-state index contributed by atoms with van der Waals surface area (Å²) in [7, 11) is 0. The molecule has 5 heteroatoms. The highest BCUT2D eigenvalue weighted by molar-refractivity contribution is 5.80. The Morgan fingerprint density at radius 2 is 1.68 bits per heavy atom. The molecule has 1 heterocycles. The number of amides is 3. The molecule has 0 unspecified atom stereocenters. The van der Waals surface area contributed by atoms with Gasteiger partial charge in [-0.3, -0.25) is 4.79 Å². The van der Waals surface area contributed by atoms with Crippen molar-refractivity contribution in [1.29, 1.82) is 0 Å². The van der Waals surface area contributed by atoms with E-state index in [4.69, 9.17) is 0 Å². The van der Waals surface area contributed by atoms with E-state index in [0.29, 0.717) is 13.1 Å². The van der Waals surface area contributed by atoms with Crippen LogP contribution in [0.5, 0.6) is 0 Å². The molecule has 1 aliphatic heterocycles. The molecule has 1 fully saturated rings. The molecule has 0 aliphatic carbocycles. The van der Waals surface area contributed by atoms with Crippen molar-refractivity contribution in [3.05, 3.63) is 0 Å². The Morgan fingerprint density at radius 1 is 1.16 bits per heavy atom. The van der Waals surface area contributed by atoms with Crippen LogP contribution in [0.3, 0.4) is 0 Å². The smallest absolute Gasteiger partial charge is 0.317 e. The minimum atomic E-state index is -0.191. The summed E-state index contributed by atoms with van der Waals surface area (Å²) in [5.41, 5.74) is -0.191. The predicted molar refractivity (Wildman–Crippen MR) is 75.9 cm³/mol. The number of hydrogen-bond donors (Lipinski definition) is 2. The molecule has 0 radical (unpaired) electrons. The van der Waals surface area contributed by atoms with Crippen LogP contribution in [-0.2, 0) is 4.79 Å². The molecule has 110 valence electrons. The van der Waals surface area contributed by atoms with Crippen molar-refractivity contribution in [3.63, 3.8) is 0 Å². The van der Waals surface area contributed by atoms with Crippen LogP contribution in [0.15, 0.2) is 0 Å². The lowest BCUT2D eigenvalue weighted by molar-refractivity contribution is -0.127. The number of likely N-dealkylation sites (tertiary alicyclic amines) is 1. The molecule has 0 saturated carbocycles. The first kappa shape index (κ1) is 15.8. The third-order valence-electron chi connectivity index (χ3n) is 3.06. The molecular weight excluding hydrogens is 242 g/mol. The largest absolute Gasteiger partial charge is 0.351 e. The first-order valence-corrected chi connectivity index (χ1v) is 7.06. The number of nitrogens with one attached hydrogen (secondary N) is 2. The second-order valence-corrected chi connectivity index (χ2v) is 6.60. The molecule has 5 nitrogen and oxygen atoms in total. The summed E-state index contributed by atoms with van der Waals surface area (Å²) in [6.45, 7) is 11.1. The van der Waals surface area contributed by atoms with E-state index in [0.717, 1.165) is 12.8 Å². The number of carbonyl (C=O) groups is 2. The van der Waals surface area contributed by atoms with E-state index in [-0.39, 0.29) is 29.4 Å². The number of rotatable bonds is 2. The van der Waals surface area contributed by atoms with E-state index in [1.807, 2.05) is 34.6 Å². The van der Waals surface area contributed by atoms with Crippen molar-refractivity contribution in [2.24, 2.45) is 5.92 Å². The van der Waals surface area contributed by atoms with Gasteiger partial charge in [0.2, 0.25) is 5.91 Å². The summed E-state index contributed by atoms with van der Waals surface area (Å²) in [6, 6.07) is 0.124. The molecule has 0 atom stereocenters. The number of hydrogen-bond acceptors (Lipinski definition) is 2. The first-order valence-electron chi connectivity index (χ1n) is 7.06. The van der Waals surface area contributed by atoms with Gasteiger partial charge in [-0.05, 0) is 47.5 Å². The summed E-state index contributed by atoms with van der Waals surface area (Å²) < 4.78 is 0. The molecule has 1 rings (SSSR count). The normalized spacial score (nSPS) is 17.5. The Kier molecular flexibility index (Phi) is 5.20. The fourth-order valence-electron chi connectivity index (χ4n) is 2.15. The van der Waals surface area contributed by atoms with Gasteiger partial charge in [-0.25, -0.2) is 4.79 Å². The Balaban J connectivity index is 2.40. The maximum Gasteiger partial charge on any atom is 0.317 e. The minimum Gasteiger partial charge on any atom is -0.351 e. The summed E-state index contributed by atoms with van der Waals surface area (Å²) in [5, 5.41) is 5.89. The van der Waals surface area contributed by atoms with Gasteiger partial charge < -0.3 is 15.5 Å². The average molecular weight is 269 g/mol. The molecule has 1 saturated heterocycles. The zero-order valence-electron chi connectivity index (χ0n) is 12.7. The third kappa shape index (κ3) is 5.49. The number of nitrogens with zero attached hydrogens (tertiary/aromatic N) is 1. The van der Waals surface area contributed by atoms with Crippen molar-refractivity contribution in [2.45, 2.75) is 59.0 Å². The lowest BCUT2D eigenvalue weighted by Crippen LogP contribution is -2.50. The lowest BCUT2D eigenvalue weighted by Gasteiger charge is -2.33. The van der Waals surface area contributed by atoms with Crippen LogP contribution < -0.4 is 10.6 Å². The van der Waals surface area contributed by atoms with Crippen LogP contribution in [0.4, 0.5) is 4.79 Å². The van der Waals surface area contributed by atoms with Gasteiger partial charge in [0, 0.05) is 30.6 Å². The summed E-state index contributed by atoms with van der Waals surface area (Å²) in [4.78, 5) is 25.7. The second kappa shape index (κ2) is 6.26. The highest BCUT2D eigenvalue weighted by atomic mass is 16.2. The molecule has 2 N–H and O–H groups in total. The van der Waals surface area contributed by atoms with Crippen molar-refractivity contribution in [3.8, 4) is 0 Å². The molecule has 19 heavy (non-hydrogen) atoms.